The van der Waals surface area contributed by atoms with Gasteiger partial charge in [0.15, 0.2) is 0 Å². The first-order chi connectivity index (χ1) is 7.16. The Balaban J connectivity index is 2.41. The second-order valence-electron chi connectivity index (χ2n) is 3.07. The first kappa shape index (κ1) is 9.39. The molecule has 0 fully saturated rings. The SMILES string of the molecule is N=C(N)c1cnn(-c2cccc(F)c2)c1. The molecule has 3 N–H and O–H groups in total. The molecule has 1 aromatic carbocycles. The van der Waals surface area contributed by atoms with E-state index in [1.807, 2.05) is 0 Å². The summed E-state index contributed by atoms with van der Waals surface area (Å²) in [5.41, 5.74) is 6.40. The Labute approximate surface area is 85.7 Å². The maximum Gasteiger partial charge on any atom is 0.126 e. The Morgan fingerprint density at radius 3 is 2.87 bits per heavy atom. The van der Waals surface area contributed by atoms with E-state index in [0.29, 0.717) is 11.3 Å². The lowest BCUT2D eigenvalue weighted by Gasteiger charge is -1.99. The van der Waals surface area contributed by atoms with Crippen molar-refractivity contribution in [3.63, 3.8) is 0 Å². The smallest absolute Gasteiger partial charge is 0.126 e. The molecule has 76 valence electrons. The molecule has 1 heterocycles. The lowest BCUT2D eigenvalue weighted by molar-refractivity contribution is 0.625. The van der Waals surface area contributed by atoms with E-state index in [4.69, 9.17) is 11.1 Å². The van der Waals surface area contributed by atoms with E-state index in [9.17, 15) is 4.39 Å². The number of aromatic nitrogens is 2. The van der Waals surface area contributed by atoms with Gasteiger partial charge >= 0.3 is 0 Å². The topological polar surface area (TPSA) is 67.7 Å². The van der Waals surface area contributed by atoms with Gasteiger partial charge in [-0.2, -0.15) is 5.10 Å². The fourth-order valence-corrected chi connectivity index (χ4v) is 1.22. The van der Waals surface area contributed by atoms with E-state index >= 15 is 0 Å². The van der Waals surface area contributed by atoms with Gasteiger partial charge < -0.3 is 5.73 Å². The third-order valence-electron chi connectivity index (χ3n) is 1.97. The summed E-state index contributed by atoms with van der Waals surface area (Å²) in [5, 5.41) is 11.2. The zero-order chi connectivity index (χ0) is 10.8. The van der Waals surface area contributed by atoms with Crippen LogP contribution in [0, 0.1) is 11.2 Å². The number of rotatable bonds is 2. The Kier molecular flexibility index (Phi) is 2.21. The minimum absolute atomic E-state index is 0.0577. The summed E-state index contributed by atoms with van der Waals surface area (Å²) in [4.78, 5) is 0. The standard InChI is InChI=1S/C10H9FN4/c11-8-2-1-3-9(4-8)15-6-7(5-14-15)10(12)13/h1-6H,(H3,12,13). The molecule has 15 heavy (non-hydrogen) atoms. The molecule has 4 nitrogen and oxygen atoms in total. The molecule has 0 unspecified atom stereocenters. The summed E-state index contributed by atoms with van der Waals surface area (Å²) in [6.45, 7) is 0. The van der Waals surface area contributed by atoms with Gasteiger partial charge in [-0.1, -0.05) is 6.07 Å². The van der Waals surface area contributed by atoms with Crippen molar-refractivity contribution in [2.45, 2.75) is 0 Å². The molecule has 0 saturated heterocycles. The first-order valence-electron chi connectivity index (χ1n) is 4.32. The van der Waals surface area contributed by atoms with Gasteiger partial charge in [0.2, 0.25) is 0 Å². The monoisotopic (exact) mass is 204 g/mol. The summed E-state index contributed by atoms with van der Waals surface area (Å²) in [6, 6.07) is 6.04. The van der Waals surface area contributed by atoms with Crippen molar-refractivity contribution in [3.8, 4) is 5.69 Å². The number of nitrogen functional groups attached to an aromatic ring is 1. The lowest BCUT2D eigenvalue weighted by atomic mass is 10.3. The van der Waals surface area contributed by atoms with Crippen molar-refractivity contribution in [3.05, 3.63) is 48.0 Å². The Morgan fingerprint density at radius 1 is 1.47 bits per heavy atom. The van der Waals surface area contributed by atoms with Gasteiger partial charge in [-0.3, -0.25) is 5.41 Å². The van der Waals surface area contributed by atoms with Crippen molar-refractivity contribution >= 4 is 5.84 Å². The number of hydrogen-bond donors (Lipinski definition) is 2. The molecule has 0 aliphatic heterocycles. The predicted molar refractivity (Wildman–Crippen MR) is 54.5 cm³/mol. The Morgan fingerprint density at radius 2 is 2.27 bits per heavy atom. The van der Waals surface area contributed by atoms with Gasteiger partial charge in [0.1, 0.15) is 11.7 Å². The minimum atomic E-state index is -0.327. The highest BCUT2D eigenvalue weighted by Crippen LogP contribution is 2.09. The maximum absolute atomic E-state index is 12.9. The van der Waals surface area contributed by atoms with Crippen molar-refractivity contribution in [2.24, 2.45) is 5.73 Å². The van der Waals surface area contributed by atoms with Crippen molar-refractivity contribution in [2.75, 3.05) is 0 Å². The van der Waals surface area contributed by atoms with Crippen LogP contribution in [0.15, 0.2) is 36.7 Å². The average Bonchev–Trinajstić information content (AvgIpc) is 2.66. The first-order valence-corrected chi connectivity index (χ1v) is 4.32. The van der Waals surface area contributed by atoms with Crippen LogP contribution in [0.1, 0.15) is 5.56 Å². The number of nitrogens with zero attached hydrogens (tertiary/aromatic N) is 2. The quantitative estimate of drug-likeness (QED) is 0.571. The van der Waals surface area contributed by atoms with E-state index in [2.05, 4.69) is 5.10 Å². The van der Waals surface area contributed by atoms with E-state index < -0.39 is 0 Å². The summed E-state index contributed by atoms with van der Waals surface area (Å²) >= 11 is 0. The lowest BCUT2D eigenvalue weighted by Crippen LogP contribution is -2.09. The molecular weight excluding hydrogens is 195 g/mol. The molecule has 0 saturated carbocycles. The van der Waals surface area contributed by atoms with E-state index in [0.717, 1.165) is 0 Å². The molecule has 0 aliphatic carbocycles. The Bertz CT molecular complexity index is 504. The van der Waals surface area contributed by atoms with Gasteiger partial charge in [0.05, 0.1) is 17.4 Å². The number of halogens is 1. The molecule has 2 rings (SSSR count). The van der Waals surface area contributed by atoms with Crippen LogP contribution in [0.5, 0.6) is 0 Å². The van der Waals surface area contributed by atoms with Gasteiger partial charge in [-0.05, 0) is 18.2 Å². The highest BCUT2D eigenvalue weighted by Gasteiger charge is 2.03. The maximum atomic E-state index is 12.9. The van der Waals surface area contributed by atoms with Crippen LogP contribution in [-0.4, -0.2) is 15.6 Å². The van der Waals surface area contributed by atoms with Crippen LogP contribution in [0.3, 0.4) is 0 Å². The van der Waals surface area contributed by atoms with Crippen LogP contribution >= 0.6 is 0 Å². The number of nitrogens with two attached hydrogens (primary N) is 1. The highest BCUT2D eigenvalue weighted by molar-refractivity contribution is 5.94. The number of benzene rings is 1. The van der Waals surface area contributed by atoms with Gasteiger partial charge in [0, 0.05) is 6.20 Å². The molecule has 1 aromatic heterocycles. The Hall–Kier alpha value is -2.17. The second-order valence-corrected chi connectivity index (χ2v) is 3.07. The summed E-state index contributed by atoms with van der Waals surface area (Å²) in [5.74, 6) is -0.384. The predicted octanol–water partition coefficient (Wildman–Crippen LogP) is 1.30. The van der Waals surface area contributed by atoms with Crippen molar-refractivity contribution in [1.82, 2.24) is 9.78 Å². The molecule has 0 bridgehead atoms. The van der Waals surface area contributed by atoms with Crippen LogP contribution in [-0.2, 0) is 0 Å². The summed E-state index contributed by atoms with van der Waals surface area (Å²) in [6.07, 6.45) is 3.05. The number of nitrogens with one attached hydrogen (secondary N) is 1. The summed E-state index contributed by atoms with van der Waals surface area (Å²) < 4.78 is 14.4. The molecular formula is C10H9FN4. The number of hydrogen-bond acceptors (Lipinski definition) is 2. The van der Waals surface area contributed by atoms with Gasteiger partial charge in [-0.25, -0.2) is 9.07 Å². The summed E-state index contributed by atoms with van der Waals surface area (Å²) in [7, 11) is 0. The van der Waals surface area contributed by atoms with Gasteiger partial charge in [-0.15, -0.1) is 0 Å². The average molecular weight is 204 g/mol. The molecule has 0 atom stereocenters. The van der Waals surface area contributed by atoms with Crippen LogP contribution in [0.2, 0.25) is 0 Å². The fraction of sp³-hybridized carbons (Fsp3) is 0. The molecule has 0 aliphatic rings. The molecule has 0 spiro atoms. The largest absolute Gasteiger partial charge is 0.384 e. The third-order valence-corrected chi connectivity index (χ3v) is 1.97. The van der Waals surface area contributed by atoms with E-state index in [-0.39, 0.29) is 11.7 Å². The molecule has 0 radical (unpaired) electrons. The van der Waals surface area contributed by atoms with Crippen LogP contribution in [0.25, 0.3) is 5.69 Å². The zero-order valence-electron chi connectivity index (χ0n) is 7.81. The fourth-order valence-electron chi connectivity index (χ4n) is 1.22. The normalized spacial score (nSPS) is 10.2. The molecule has 5 heteroatoms. The molecule has 2 aromatic rings. The number of amidine groups is 1. The second kappa shape index (κ2) is 3.53. The van der Waals surface area contributed by atoms with Crippen LogP contribution in [0.4, 0.5) is 4.39 Å². The van der Waals surface area contributed by atoms with Crippen molar-refractivity contribution < 1.29 is 4.39 Å². The minimum Gasteiger partial charge on any atom is -0.384 e. The third kappa shape index (κ3) is 1.85. The van der Waals surface area contributed by atoms with Crippen LogP contribution < -0.4 is 5.73 Å². The zero-order valence-corrected chi connectivity index (χ0v) is 7.81. The van der Waals surface area contributed by atoms with Crippen molar-refractivity contribution in [1.29, 1.82) is 5.41 Å². The van der Waals surface area contributed by atoms with Gasteiger partial charge in [0.25, 0.3) is 0 Å². The molecule has 0 amide bonds. The van der Waals surface area contributed by atoms with E-state index in [1.54, 1.807) is 18.3 Å². The van der Waals surface area contributed by atoms with E-state index in [1.165, 1.54) is 23.0 Å². The highest BCUT2D eigenvalue weighted by atomic mass is 19.1.